The van der Waals surface area contributed by atoms with E-state index in [2.05, 4.69) is 0 Å². The van der Waals surface area contributed by atoms with E-state index in [-0.39, 0.29) is 12.1 Å². The maximum absolute atomic E-state index is 12.9. The van der Waals surface area contributed by atoms with E-state index in [0.717, 1.165) is 30.6 Å². The summed E-state index contributed by atoms with van der Waals surface area (Å²) in [6.45, 7) is 6.68. The van der Waals surface area contributed by atoms with Gasteiger partial charge in [-0.2, -0.15) is 4.31 Å². The Morgan fingerprint density at radius 3 is 2.68 bits per heavy atom. The van der Waals surface area contributed by atoms with Gasteiger partial charge in [0, 0.05) is 19.1 Å². The number of benzene rings is 1. The topological polar surface area (TPSA) is 72.6 Å². The lowest BCUT2D eigenvalue weighted by atomic mass is 10.1. The first-order chi connectivity index (χ1) is 10.4. The molecule has 5 nitrogen and oxygen atoms in total. The highest BCUT2D eigenvalue weighted by Crippen LogP contribution is 2.28. The van der Waals surface area contributed by atoms with Gasteiger partial charge in [-0.15, -0.1) is 0 Å². The zero-order valence-electron chi connectivity index (χ0n) is 13.6. The Bertz CT molecular complexity index is 614. The summed E-state index contributed by atoms with van der Waals surface area (Å²) in [5.41, 5.74) is 6.58. The highest BCUT2D eigenvalue weighted by Gasteiger charge is 2.32. The number of nitrogens with two attached hydrogens (primary N) is 1. The molecule has 1 aromatic carbocycles. The lowest BCUT2D eigenvalue weighted by molar-refractivity contribution is 0.240. The zero-order chi connectivity index (χ0) is 16.3. The molecule has 124 valence electrons. The number of piperidine rings is 1. The summed E-state index contributed by atoms with van der Waals surface area (Å²) >= 11 is 0. The minimum atomic E-state index is -3.49. The predicted molar refractivity (Wildman–Crippen MR) is 87.5 cm³/mol. The summed E-state index contributed by atoms with van der Waals surface area (Å²) in [6.07, 6.45) is 2.82. The van der Waals surface area contributed by atoms with E-state index in [1.807, 2.05) is 20.8 Å². The summed E-state index contributed by atoms with van der Waals surface area (Å²) in [5.74, 6) is 0.725. The Morgan fingerprint density at radius 2 is 2.09 bits per heavy atom. The summed E-state index contributed by atoms with van der Waals surface area (Å²) in [5, 5.41) is 0. The molecule has 1 aliphatic heterocycles. The van der Waals surface area contributed by atoms with Gasteiger partial charge >= 0.3 is 0 Å². The van der Waals surface area contributed by atoms with E-state index in [1.54, 1.807) is 22.5 Å². The van der Waals surface area contributed by atoms with Crippen molar-refractivity contribution < 1.29 is 13.2 Å². The second kappa shape index (κ2) is 6.98. The molecule has 0 radical (unpaired) electrons. The number of nitrogens with zero attached hydrogens (tertiary/aromatic N) is 1. The van der Waals surface area contributed by atoms with Crippen LogP contribution in [-0.4, -0.2) is 38.0 Å². The normalized spacial score (nSPS) is 20.3. The van der Waals surface area contributed by atoms with Crippen molar-refractivity contribution in [1.82, 2.24) is 4.31 Å². The molecule has 0 aliphatic carbocycles. The van der Waals surface area contributed by atoms with Crippen molar-refractivity contribution in [3.05, 3.63) is 23.8 Å². The highest BCUT2D eigenvalue weighted by atomic mass is 32.2. The number of sulfonamides is 1. The van der Waals surface area contributed by atoms with Crippen molar-refractivity contribution in [3.8, 4) is 5.75 Å². The van der Waals surface area contributed by atoms with Crippen LogP contribution in [0.3, 0.4) is 0 Å². The smallest absolute Gasteiger partial charge is 0.243 e. The molecule has 0 aromatic heterocycles. The fourth-order valence-corrected chi connectivity index (χ4v) is 4.62. The second-order valence-corrected chi connectivity index (χ2v) is 7.99. The molecule has 1 aromatic rings. The number of hydrogen-bond acceptors (Lipinski definition) is 4. The molecule has 1 heterocycles. The monoisotopic (exact) mass is 326 g/mol. The third kappa shape index (κ3) is 3.62. The fourth-order valence-electron chi connectivity index (χ4n) is 2.83. The molecule has 1 atom stereocenters. The fraction of sp³-hybridized carbons (Fsp3) is 0.625. The van der Waals surface area contributed by atoms with Gasteiger partial charge in [-0.1, -0.05) is 6.42 Å². The standard InChI is InChI=1S/C16H26N2O3S/c1-12(2)21-16-8-7-15(10-13(16)3)22(19,20)18-9-5-4-6-14(18)11-17/h7-8,10,12,14H,4-6,9,11,17H2,1-3H3. The van der Waals surface area contributed by atoms with Gasteiger partial charge in [-0.3, -0.25) is 0 Å². The molecule has 22 heavy (non-hydrogen) atoms. The van der Waals surface area contributed by atoms with Crippen molar-refractivity contribution >= 4 is 10.0 Å². The maximum atomic E-state index is 12.9. The third-order valence-corrected chi connectivity index (χ3v) is 5.91. The van der Waals surface area contributed by atoms with Gasteiger partial charge in [0.05, 0.1) is 11.0 Å². The molecule has 1 fully saturated rings. The van der Waals surface area contributed by atoms with Crippen LogP contribution in [0.2, 0.25) is 0 Å². The van der Waals surface area contributed by atoms with Gasteiger partial charge in [0.1, 0.15) is 5.75 Å². The van der Waals surface area contributed by atoms with E-state index in [1.165, 1.54) is 0 Å². The molecular weight excluding hydrogens is 300 g/mol. The van der Waals surface area contributed by atoms with Crippen LogP contribution in [-0.2, 0) is 10.0 Å². The molecule has 6 heteroatoms. The van der Waals surface area contributed by atoms with Crippen LogP contribution in [0, 0.1) is 6.92 Å². The Labute approximate surface area is 133 Å². The second-order valence-electron chi connectivity index (χ2n) is 6.09. The van der Waals surface area contributed by atoms with E-state index >= 15 is 0 Å². The zero-order valence-corrected chi connectivity index (χ0v) is 14.4. The number of ether oxygens (including phenoxy) is 1. The maximum Gasteiger partial charge on any atom is 0.243 e. The van der Waals surface area contributed by atoms with Crippen LogP contribution in [0.15, 0.2) is 23.1 Å². The number of hydrogen-bond donors (Lipinski definition) is 1. The van der Waals surface area contributed by atoms with E-state index < -0.39 is 10.0 Å². The van der Waals surface area contributed by atoms with Crippen LogP contribution in [0.4, 0.5) is 0 Å². The molecular formula is C16H26N2O3S. The average Bonchev–Trinajstić information content (AvgIpc) is 2.48. The van der Waals surface area contributed by atoms with Gasteiger partial charge < -0.3 is 10.5 Å². The van der Waals surface area contributed by atoms with Gasteiger partial charge in [0.15, 0.2) is 0 Å². The Kier molecular flexibility index (Phi) is 5.47. The lowest BCUT2D eigenvalue weighted by Crippen LogP contribution is -2.47. The minimum Gasteiger partial charge on any atom is -0.491 e. The quantitative estimate of drug-likeness (QED) is 0.901. The van der Waals surface area contributed by atoms with Gasteiger partial charge in [-0.25, -0.2) is 8.42 Å². The van der Waals surface area contributed by atoms with Crippen LogP contribution in [0.5, 0.6) is 5.75 Å². The molecule has 0 amide bonds. The van der Waals surface area contributed by atoms with Crippen LogP contribution < -0.4 is 10.5 Å². The SMILES string of the molecule is Cc1cc(S(=O)(=O)N2CCCCC2CN)ccc1OC(C)C. The van der Waals surface area contributed by atoms with Crippen LogP contribution in [0.1, 0.15) is 38.7 Å². The predicted octanol–water partition coefficient (Wildman–Crippen LogP) is 2.28. The molecule has 2 N–H and O–H groups in total. The first-order valence-electron chi connectivity index (χ1n) is 7.85. The van der Waals surface area contributed by atoms with E-state index in [9.17, 15) is 8.42 Å². The molecule has 0 bridgehead atoms. The third-order valence-electron chi connectivity index (χ3n) is 3.96. The van der Waals surface area contributed by atoms with Crippen LogP contribution in [0.25, 0.3) is 0 Å². The summed E-state index contributed by atoms with van der Waals surface area (Å²) < 4.78 is 33.0. The van der Waals surface area contributed by atoms with Gasteiger partial charge in [0.25, 0.3) is 0 Å². The molecule has 0 spiro atoms. The van der Waals surface area contributed by atoms with Gasteiger partial charge in [-0.05, 0) is 57.4 Å². The lowest BCUT2D eigenvalue weighted by Gasteiger charge is -2.34. The van der Waals surface area contributed by atoms with Crippen molar-refractivity contribution in [2.45, 2.75) is 57.1 Å². The number of aryl methyl sites for hydroxylation is 1. The van der Waals surface area contributed by atoms with Crippen molar-refractivity contribution in [2.24, 2.45) is 5.73 Å². The largest absolute Gasteiger partial charge is 0.491 e. The summed E-state index contributed by atoms with van der Waals surface area (Å²) in [4.78, 5) is 0.321. The summed E-state index contributed by atoms with van der Waals surface area (Å²) in [6, 6.07) is 4.96. The van der Waals surface area contributed by atoms with Crippen molar-refractivity contribution in [2.75, 3.05) is 13.1 Å². The Balaban J connectivity index is 2.31. The van der Waals surface area contributed by atoms with E-state index in [0.29, 0.717) is 18.0 Å². The first kappa shape index (κ1) is 17.2. The first-order valence-corrected chi connectivity index (χ1v) is 9.29. The Morgan fingerprint density at radius 1 is 1.36 bits per heavy atom. The summed E-state index contributed by atoms with van der Waals surface area (Å²) in [7, 11) is -3.49. The molecule has 0 saturated carbocycles. The molecule has 1 aliphatic rings. The van der Waals surface area contributed by atoms with Gasteiger partial charge in [0.2, 0.25) is 10.0 Å². The minimum absolute atomic E-state index is 0.0601. The molecule has 1 unspecified atom stereocenters. The molecule has 1 saturated heterocycles. The highest BCUT2D eigenvalue weighted by molar-refractivity contribution is 7.89. The molecule has 2 rings (SSSR count). The van der Waals surface area contributed by atoms with Crippen molar-refractivity contribution in [1.29, 1.82) is 0 Å². The van der Waals surface area contributed by atoms with E-state index in [4.69, 9.17) is 10.5 Å². The van der Waals surface area contributed by atoms with Crippen molar-refractivity contribution in [3.63, 3.8) is 0 Å². The Hall–Kier alpha value is -1.11. The van der Waals surface area contributed by atoms with Crippen LogP contribution >= 0.6 is 0 Å². The average molecular weight is 326 g/mol. The number of rotatable bonds is 5.